The summed E-state index contributed by atoms with van der Waals surface area (Å²) in [5.41, 5.74) is 0.786. The van der Waals surface area contributed by atoms with Crippen molar-refractivity contribution in [1.29, 1.82) is 5.26 Å². The summed E-state index contributed by atoms with van der Waals surface area (Å²) < 4.78 is 0. The fourth-order valence-electron chi connectivity index (χ4n) is 3.78. The molecule has 1 saturated carbocycles. The zero-order valence-electron chi connectivity index (χ0n) is 15.7. The Morgan fingerprint density at radius 2 is 1.85 bits per heavy atom. The zero-order chi connectivity index (χ0) is 19.6. The molecule has 1 aromatic carbocycles. The van der Waals surface area contributed by atoms with E-state index in [9.17, 15) is 19.6 Å². The van der Waals surface area contributed by atoms with Crippen LogP contribution in [0.3, 0.4) is 0 Å². The van der Waals surface area contributed by atoms with E-state index in [2.05, 4.69) is 11.4 Å². The monoisotopic (exact) mass is 368 g/mol. The highest BCUT2D eigenvalue weighted by Gasteiger charge is 2.44. The molecule has 142 valence electrons. The first kappa shape index (κ1) is 18.9. The van der Waals surface area contributed by atoms with Crippen molar-refractivity contribution in [2.24, 2.45) is 0 Å². The van der Waals surface area contributed by atoms with Gasteiger partial charge in [-0.2, -0.15) is 5.26 Å². The van der Waals surface area contributed by atoms with Crippen molar-refractivity contribution in [3.8, 4) is 6.07 Å². The number of carbonyl (C=O) groups is 3. The highest BCUT2D eigenvalue weighted by atomic mass is 16.2. The summed E-state index contributed by atoms with van der Waals surface area (Å²) in [5, 5.41) is 12.3. The number of anilines is 1. The van der Waals surface area contributed by atoms with Gasteiger partial charge >= 0.3 is 6.03 Å². The molecule has 1 aromatic rings. The van der Waals surface area contributed by atoms with Crippen molar-refractivity contribution in [2.45, 2.75) is 57.5 Å². The highest BCUT2D eigenvalue weighted by molar-refractivity contribution is 6.15. The van der Waals surface area contributed by atoms with E-state index in [-0.39, 0.29) is 6.54 Å². The topological polar surface area (TPSA) is 93.5 Å². The summed E-state index contributed by atoms with van der Waals surface area (Å²) in [4.78, 5) is 40.2. The third kappa shape index (κ3) is 3.65. The van der Waals surface area contributed by atoms with Gasteiger partial charge < -0.3 is 5.32 Å². The molecule has 2 aliphatic rings. The molecule has 2 fully saturated rings. The minimum atomic E-state index is -0.886. The van der Waals surface area contributed by atoms with Crippen molar-refractivity contribution >= 4 is 23.5 Å². The van der Waals surface area contributed by atoms with E-state index in [4.69, 9.17) is 0 Å². The van der Waals surface area contributed by atoms with E-state index in [1.54, 1.807) is 19.1 Å². The molecule has 27 heavy (non-hydrogen) atoms. The number of imide groups is 1. The first-order valence-corrected chi connectivity index (χ1v) is 9.30. The van der Waals surface area contributed by atoms with Crippen molar-refractivity contribution in [2.75, 3.05) is 11.4 Å². The Morgan fingerprint density at radius 3 is 2.44 bits per heavy atom. The molecule has 3 rings (SSSR count). The number of hydrogen-bond acceptors (Lipinski definition) is 4. The minimum absolute atomic E-state index is 0.367. The average molecular weight is 368 g/mol. The van der Waals surface area contributed by atoms with E-state index in [1.807, 2.05) is 19.1 Å². The maximum atomic E-state index is 12.8. The van der Waals surface area contributed by atoms with Crippen LogP contribution < -0.4 is 10.2 Å². The first-order valence-electron chi connectivity index (χ1n) is 9.30. The molecule has 1 heterocycles. The maximum Gasteiger partial charge on any atom is 0.332 e. The lowest BCUT2D eigenvalue weighted by Crippen LogP contribution is -2.52. The Morgan fingerprint density at radius 1 is 1.22 bits per heavy atom. The van der Waals surface area contributed by atoms with Gasteiger partial charge in [-0.15, -0.1) is 0 Å². The van der Waals surface area contributed by atoms with E-state index >= 15 is 0 Å². The lowest BCUT2D eigenvalue weighted by atomic mass is 9.83. The van der Waals surface area contributed by atoms with Crippen molar-refractivity contribution in [1.82, 2.24) is 10.2 Å². The van der Waals surface area contributed by atoms with Crippen LogP contribution >= 0.6 is 0 Å². The smallest absolute Gasteiger partial charge is 0.332 e. The van der Waals surface area contributed by atoms with Crippen LogP contribution in [-0.4, -0.2) is 40.9 Å². The summed E-state index contributed by atoms with van der Waals surface area (Å²) in [7, 11) is 0. The Hall–Kier alpha value is -2.88. The average Bonchev–Trinajstić information content (AvgIpc) is 2.87. The number of nitriles is 1. The number of benzene rings is 1. The van der Waals surface area contributed by atoms with E-state index in [0.29, 0.717) is 18.5 Å². The SMILES string of the molecule is Cc1ccc(N2C(=O)N(CC(=O)NC3(C#N)CCCCC3)C(=O)[C@@H]2C)cc1. The van der Waals surface area contributed by atoms with Gasteiger partial charge in [0.15, 0.2) is 0 Å². The summed E-state index contributed by atoms with van der Waals surface area (Å²) >= 11 is 0. The molecule has 1 aliphatic heterocycles. The summed E-state index contributed by atoms with van der Waals surface area (Å²) in [6.45, 7) is 3.22. The quantitative estimate of drug-likeness (QED) is 0.826. The fourth-order valence-corrected chi connectivity index (χ4v) is 3.78. The lowest BCUT2D eigenvalue weighted by Gasteiger charge is -2.32. The van der Waals surface area contributed by atoms with Crippen LogP contribution in [0, 0.1) is 18.3 Å². The molecule has 0 unspecified atom stereocenters. The number of rotatable bonds is 4. The maximum absolute atomic E-state index is 12.8. The summed E-state index contributed by atoms with van der Waals surface area (Å²) in [6.07, 6.45) is 4.01. The number of urea groups is 1. The van der Waals surface area contributed by atoms with Gasteiger partial charge in [-0.25, -0.2) is 4.79 Å². The molecule has 0 aromatic heterocycles. The normalized spacial score (nSPS) is 21.9. The van der Waals surface area contributed by atoms with E-state index < -0.39 is 29.4 Å². The number of nitrogens with zero attached hydrogens (tertiary/aromatic N) is 3. The van der Waals surface area contributed by atoms with E-state index in [0.717, 1.165) is 29.7 Å². The predicted octanol–water partition coefficient (Wildman–Crippen LogP) is 2.49. The zero-order valence-corrected chi connectivity index (χ0v) is 15.7. The van der Waals surface area contributed by atoms with Gasteiger partial charge in [0.25, 0.3) is 5.91 Å². The number of aryl methyl sites for hydroxylation is 1. The molecular formula is C20H24N4O3. The molecule has 1 N–H and O–H groups in total. The molecule has 4 amide bonds. The van der Waals surface area contributed by atoms with Gasteiger partial charge in [-0.3, -0.25) is 19.4 Å². The molecule has 0 spiro atoms. The van der Waals surface area contributed by atoms with Crippen LogP contribution in [-0.2, 0) is 9.59 Å². The third-order valence-corrected chi connectivity index (χ3v) is 5.36. The molecule has 1 aliphatic carbocycles. The second-order valence-electron chi connectivity index (χ2n) is 7.39. The van der Waals surface area contributed by atoms with Crippen LogP contribution in [0.4, 0.5) is 10.5 Å². The van der Waals surface area contributed by atoms with Gasteiger partial charge in [-0.1, -0.05) is 37.0 Å². The summed E-state index contributed by atoms with van der Waals surface area (Å²) in [6, 6.07) is 8.34. The van der Waals surface area contributed by atoms with Crippen molar-refractivity contribution in [3.63, 3.8) is 0 Å². The molecule has 0 bridgehead atoms. The summed E-state index contributed by atoms with van der Waals surface area (Å²) in [5.74, 6) is -0.886. The number of amides is 4. The second kappa shape index (κ2) is 7.39. The minimum Gasteiger partial charge on any atom is -0.336 e. The Kier molecular flexibility index (Phi) is 5.17. The Balaban J connectivity index is 1.72. The second-order valence-corrected chi connectivity index (χ2v) is 7.39. The van der Waals surface area contributed by atoms with E-state index in [1.165, 1.54) is 4.90 Å². The molecule has 7 heteroatoms. The van der Waals surface area contributed by atoms with Crippen molar-refractivity contribution in [3.05, 3.63) is 29.8 Å². The highest BCUT2D eigenvalue weighted by Crippen LogP contribution is 2.28. The van der Waals surface area contributed by atoms with Crippen LogP contribution in [0.15, 0.2) is 24.3 Å². The molecular weight excluding hydrogens is 344 g/mol. The number of nitrogens with one attached hydrogen (secondary N) is 1. The van der Waals surface area contributed by atoms with Crippen LogP contribution in [0.2, 0.25) is 0 Å². The molecule has 1 saturated heterocycles. The van der Waals surface area contributed by atoms with Gasteiger partial charge in [0.05, 0.1) is 6.07 Å². The number of hydrogen-bond donors (Lipinski definition) is 1. The lowest BCUT2D eigenvalue weighted by molar-refractivity contribution is -0.132. The molecule has 7 nitrogen and oxygen atoms in total. The van der Waals surface area contributed by atoms with Crippen LogP contribution in [0.25, 0.3) is 0 Å². The molecule has 1 atom stereocenters. The van der Waals surface area contributed by atoms with Gasteiger partial charge in [0.1, 0.15) is 18.1 Å². The van der Waals surface area contributed by atoms with Gasteiger partial charge in [0, 0.05) is 5.69 Å². The van der Waals surface area contributed by atoms with Crippen LogP contribution in [0.5, 0.6) is 0 Å². The molecule has 0 radical (unpaired) electrons. The Labute approximate surface area is 158 Å². The third-order valence-electron chi connectivity index (χ3n) is 5.36. The first-order chi connectivity index (χ1) is 12.9. The van der Waals surface area contributed by atoms with Crippen LogP contribution in [0.1, 0.15) is 44.6 Å². The van der Waals surface area contributed by atoms with Gasteiger partial charge in [0.2, 0.25) is 5.91 Å². The van der Waals surface area contributed by atoms with Crippen molar-refractivity contribution < 1.29 is 14.4 Å². The standard InChI is InChI=1S/C20H24N4O3/c1-14-6-8-16(9-7-14)24-15(2)18(26)23(19(24)27)12-17(25)22-20(13-21)10-4-3-5-11-20/h6-9,15H,3-5,10-12H2,1-2H3,(H,22,25)/t15-/m0/s1. The Bertz CT molecular complexity index is 790. The fraction of sp³-hybridized carbons (Fsp3) is 0.500. The number of carbonyl (C=O) groups excluding carboxylic acids is 3. The van der Waals surface area contributed by atoms with Gasteiger partial charge in [-0.05, 0) is 38.8 Å². The predicted molar refractivity (Wildman–Crippen MR) is 99.8 cm³/mol. The largest absolute Gasteiger partial charge is 0.336 e.